The molecule has 0 spiro atoms. The predicted molar refractivity (Wildman–Crippen MR) is 69.5 cm³/mol. The van der Waals surface area contributed by atoms with Crippen molar-refractivity contribution in [3.63, 3.8) is 0 Å². The average Bonchev–Trinajstić information content (AvgIpc) is 3.14. The van der Waals surface area contributed by atoms with Gasteiger partial charge in [0.15, 0.2) is 0 Å². The summed E-state index contributed by atoms with van der Waals surface area (Å²) in [6.07, 6.45) is 1.27. The molecule has 8 heteroatoms. The van der Waals surface area contributed by atoms with E-state index in [9.17, 15) is 9.59 Å². The Balaban J connectivity index is 1.71. The fraction of sp³-hybridized carbons (Fsp3) is 0.615. The molecule has 0 bridgehead atoms. The number of carbonyl (C=O) groups excluding carboxylic acids is 2. The number of amides is 2. The summed E-state index contributed by atoms with van der Waals surface area (Å²) in [5.74, 6) is -0.102. The van der Waals surface area contributed by atoms with Gasteiger partial charge in [-0.2, -0.15) is 0 Å². The molecule has 0 radical (unpaired) electrons. The zero-order valence-electron chi connectivity index (χ0n) is 11.7. The van der Waals surface area contributed by atoms with Crippen LogP contribution in [0, 0.1) is 0 Å². The lowest BCUT2D eigenvalue weighted by molar-refractivity contribution is -0.153. The van der Waals surface area contributed by atoms with E-state index in [1.165, 1.54) is 12.3 Å². The Labute approximate surface area is 121 Å². The Morgan fingerprint density at radius 3 is 3.10 bits per heavy atom. The van der Waals surface area contributed by atoms with Crippen LogP contribution in [-0.4, -0.2) is 78.9 Å². The van der Waals surface area contributed by atoms with Gasteiger partial charge in [-0.05, 0) is 0 Å². The summed E-state index contributed by atoms with van der Waals surface area (Å²) in [6, 6.07) is 1.40. The summed E-state index contributed by atoms with van der Waals surface area (Å²) >= 11 is 0. The predicted octanol–water partition coefficient (Wildman–Crippen LogP) is -0.627. The molecule has 1 aromatic rings. The first-order valence-corrected chi connectivity index (χ1v) is 6.80. The minimum absolute atomic E-state index is 0.0508. The Kier molecular flexibility index (Phi) is 3.89. The fourth-order valence-electron chi connectivity index (χ4n) is 2.79. The number of ether oxygens (including phenoxy) is 2. The van der Waals surface area contributed by atoms with Gasteiger partial charge in [0.2, 0.25) is 11.7 Å². The summed E-state index contributed by atoms with van der Waals surface area (Å²) in [7, 11) is 1.59. The molecule has 0 aromatic carbocycles. The van der Waals surface area contributed by atoms with Gasteiger partial charge in [0.25, 0.3) is 5.91 Å². The Morgan fingerprint density at radius 1 is 1.52 bits per heavy atom. The standard InChI is InChI=1S/C13H17N3O5/c1-19-5-4-16-9-6-15(7-11(9)20-8-12(16)17)13(18)10-2-3-14-21-10/h2-3,9,11H,4-8H2,1H3. The zero-order chi connectivity index (χ0) is 14.8. The molecule has 1 aromatic heterocycles. The summed E-state index contributed by atoms with van der Waals surface area (Å²) in [5, 5.41) is 3.54. The normalized spacial score (nSPS) is 25.3. The van der Waals surface area contributed by atoms with Gasteiger partial charge in [-0.15, -0.1) is 0 Å². The molecule has 2 aliphatic heterocycles. The lowest BCUT2D eigenvalue weighted by Crippen LogP contribution is -2.54. The molecule has 2 fully saturated rings. The van der Waals surface area contributed by atoms with Crippen LogP contribution >= 0.6 is 0 Å². The number of aromatic nitrogens is 1. The smallest absolute Gasteiger partial charge is 0.292 e. The highest BCUT2D eigenvalue weighted by Crippen LogP contribution is 2.24. The largest absolute Gasteiger partial charge is 0.383 e. The highest BCUT2D eigenvalue weighted by molar-refractivity contribution is 5.91. The number of nitrogens with zero attached hydrogens (tertiary/aromatic N) is 3. The van der Waals surface area contributed by atoms with Crippen LogP contribution < -0.4 is 0 Å². The third-order valence-electron chi connectivity index (χ3n) is 3.85. The Bertz CT molecular complexity index is 518. The van der Waals surface area contributed by atoms with Crippen LogP contribution in [0.5, 0.6) is 0 Å². The van der Waals surface area contributed by atoms with Gasteiger partial charge < -0.3 is 23.8 Å². The van der Waals surface area contributed by atoms with Crippen molar-refractivity contribution < 1.29 is 23.6 Å². The van der Waals surface area contributed by atoms with Crippen LogP contribution in [0.4, 0.5) is 0 Å². The number of rotatable bonds is 4. The van der Waals surface area contributed by atoms with Crippen LogP contribution in [0.1, 0.15) is 10.6 Å². The summed E-state index contributed by atoms with van der Waals surface area (Å²) in [5.41, 5.74) is 0. The number of morpholine rings is 1. The maximum absolute atomic E-state index is 12.3. The van der Waals surface area contributed by atoms with Crippen LogP contribution in [0.3, 0.4) is 0 Å². The second-order valence-electron chi connectivity index (χ2n) is 5.08. The summed E-state index contributed by atoms with van der Waals surface area (Å²) in [4.78, 5) is 27.6. The van der Waals surface area contributed by atoms with E-state index in [-0.39, 0.29) is 36.3 Å². The maximum atomic E-state index is 12.3. The second-order valence-corrected chi connectivity index (χ2v) is 5.08. The van der Waals surface area contributed by atoms with Gasteiger partial charge in [0, 0.05) is 32.8 Å². The van der Waals surface area contributed by atoms with Gasteiger partial charge >= 0.3 is 0 Å². The Morgan fingerprint density at radius 2 is 2.38 bits per heavy atom. The zero-order valence-corrected chi connectivity index (χ0v) is 11.7. The van der Waals surface area contributed by atoms with Crippen molar-refractivity contribution in [1.29, 1.82) is 0 Å². The van der Waals surface area contributed by atoms with Crippen LogP contribution in [0.25, 0.3) is 0 Å². The van der Waals surface area contributed by atoms with E-state index in [0.717, 1.165) is 0 Å². The van der Waals surface area contributed by atoms with Crippen molar-refractivity contribution in [2.24, 2.45) is 0 Å². The molecule has 3 heterocycles. The molecule has 8 nitrogen and oxygen atoms in total. The van der Waals surface area contributed by atoms with Crippen molar-refractivity contribution in [1.82, 2.24) is 15.0 Å². The molecule has 2 saturated heterocycles. The third kappa shape index (κ3) is 2.64. The van der Waals surface area contributed by atoms with Crippen LogP contribution in [0.15, 0.2) is 16.8 Å². The molecular formula is C13H17N3O5. The first-order valence-electron chi connectivity index (χ1n) is 6.80. The molecule has 3 rings (SSSR count). The number of fused-ring (bicyclic) bond motifs is 1. The summed E-state index contributed by atoms with van der Waals surface area (Å²) < 4.78 is 15.5. The van der Waals surface area contributed by atoms with Gasteiger partial charge in [-0.25, -0.2) is 0 Å². The van der Waals surface area contributed by atoms with Gasteiger partial charge in [0.05, 0.1) is 24.9 Å². The number of hydrogen-bond donors (Lipinski definition) is 0. The van der Waals surface area contributed by atoms with Gasteiger partial charge in [0.1, 0.15) is 6.61 Å². The number of methoxy groups -OCH3 is 1. The van der Waals surface area contributed by atoms with Crippen molar-refractivity contribution in [3.8, 4) is 0 Å². The highest BCUT2D eigenvalue weighted by atomic mass is 16.5. The highest BCUT2D eigenvalue weighted by Gasteiger charge is 2.44. The second kappa shape index (κ2) is 5.82. The van der Waals surface area contributed by atoms with Gasteiger partial charge in [-0.1, -0.05) is 5.16 Å². The molecule has 0 N–H and O–H groups in total. The minimum atomic E-state index is -0.232. The quantitative estimate of drug-likeness (QED) is 0.735. The van der Waals surface area contributed by atoms with E-state index < -0.39 is 0 Å². The van der Waals surface area contributed by atoms with E-state index in [1.807, 2.05) is 0 Å². The lowest BCUT2D eigenvalue weighted by atomic mass is 10.1. The molecule has 2 aliphatic rings. The first kappa shape index (κ1) is 14.0. The molecule has 114 valence electrons. The maximum Gasteiger partial charge on any atom is 0.292 e. The Hall–Kier alpha value is -1.93. The number of likely N-dealkylation sites (tertiary alicyclic amines) is 1. The topological polar surface area (TPSA) is 85.1 Å². The first-order chi connectivity index (χ1) is 10.2. The lowest BCUT2D eigenvalue weighted by Gasteiger charge is -2.36. The molecule has 2 unspecified atom stereocenters. The minimum Gasteiger partial charge on any atom is -0.383 e. The molecule has 0 saturated carbocycles. The molecule has 21 heavy (non-hydrogen) atoms. The molecule has 2 amide bonds. The number of carbonyl (C=O) groups is 2. The van der Waals surface area contributed by atoms with E-state index in [2.05, 4.69) is 5.16 Å². The molecule has 2 atom stereocenters. The van der Waals surface area contributed by atoms with Crippen LogP contribution in [-0.2, 0) is 14.3 Å². The monoisotopic (exact) mass is 295 g/mol. The molecular weight excluding hydrogens is 278 g/mol. The molecule has 0 aliphatic carbocycles. The van der Waals surface area contributed by atoms with E-state index in [4.69, 9.17) is 14.0 Å². The van der Waals surface area contributed by atoms with Crippen molar-refractivity contribution in [2.45, 2.75) is 12.1 Å². The third-order valence-corrected chi connectivity index (χ3v) is 3.85. The van der Waals surface area contributed by atoms with Gasteiger partial charge in [-0.3, -0.25) is 9.59 Å². The van der Waals surface area contributed by atoms with Crippen molar-refractivity contribution >= 4 is 11.8 Å². The number of hydrogen-bond acceptors (Lipinski definition) is 6. The van der Waals surface area contributed by atoms with Crippen molar-refractivity contribution in [3.05, 3.63) is 18.0 Å². The van der Waals surface area contributed by atoms with E-state index in [1.54, 1.807) is 16.9 Å². The average molecular weight is 295 g/mol. The fourth-order valence-corrected chi connectivity index (χ4v) is 2.79. The summed E-state index contributed by atoms with van der Waals surface area (Å²) in [6.45, 7) is 1.89. The van der Waals surface area contributed by atoms with Crippen LogP contribution in [0.2, 0.25) is 0 Å². The van der Waals surface area contributed by atoms with Crippen molar-refractivity contribution in [2.75, 3.05) is 40.0 Å². The SMILES string of the molecule is COCCN1C(=O)COC2CN(C(=O)c3ccno3)CC21. The van der Waals surface area contributed by atoms with E-state index >= 15 is 0 Å². The van der Waals surface area contributed by atoms with E-state index in [0.29, 0.717) is 26.2 Å².